The van der Waals surface area contributed by atoms with Crippen molar-refractivity contribution in [2.24, 2.45) is 5.92 Å². The maximum absolute atomic E-state index is 14.0. The van der Waals surface area contributed by atoms with E-state index in [1.54, 1.807) is 11.0 Å². The zero-order chi connectivity index (χ0) is 13.4. The van der Waals surface area contributed by atoms with E-state index in [9.17, 15) is 8.78 Å². The van der Waals surface area contributed by atoms with E-state index in [0.29, 0.717) is 25.0 Å². The van der Waals surface area contributed by atoms with Crippen molar-refractivity contribution in [1.29, 1.82) is 5.26 Å². The van der Waals surface area contributed by atoms with Crippen molar-refractivity contribution in [1.82, 2.24) is 5.32 Å². The van der Waals surface area contributed by atoms with Gasteiger partial charge in [-0.2, -0.15) is 5.26 Å². The lowest BCUT2D eigenvalue weighted by molar-refractivity contribution is 0.371. The molecule has 0 aromatic heterocycles. The van der Waals surface area contributed by atoms with Crippen LogP contribution >= 0.6 is 0 Å². The Kier molecular flexibility index (Phi) is 3.11. The van der Waals surface area contributed by atoms with Crippen LogP contribution in [-0.2, 0) is 0 Å². The smallest absolute Gasteiger partial charge is 0.150 e. The molecule has 3 rings (SSSR count). The van der Waals surface area contributed by atoms with E-state index >= 15 is 0 Å². The molecule has 1 aromatic carbocycles. The molecule has 100 valence electrons. The van der Waals surface area contributed by atoms with Crippen LogP contribution in [0.1, 0.15) is 18.4 Å². The van der Waals surface area contributed by atoms with Crippen molar-refractivity contribution in [2.45, 2.75) is 18.9 Å². The number of nitrogens with one attached hydrogen (secondary N) is 1. The van der Waals surface area contributed by atoms with Crippen molar-refractivity contribution >= 4 is 5.69 Å². The van der Waals surface area contributed by atoms with Gasteiger partial charge in [0.2, 0.25) is 0 Å². The molecule has 0 radical (unpaired) electrons. The van der Waals surface area contributed by atoms with Gasteiger partial charge in [0, 0.05) is 19.1 Å². The van der Waals surface area contributed by atoms with Crippen LogP contribution in [-0.4, -0.2) is 25.7 Å². The summed E-state index contributed by atoms with van der Waals surface area (Å²) in [6.07, 6.45) is 1.96. The van der Waals surface area contributed by atoms with E-state index in [-0.39, 0.29) is 11.3 Å². The van der Waals surface area contributed by atoms with Gasteiger partial charge in [0.1, 0.15) is 5.69 Å². The molecule has 1 aromatic rings. The summed E-state index contributed by atoms with van der Waals surface area (Å²) >= 11 is 0. The molecule has 2 unspecified atom stereocenters. The van der Waals surface area contributed by atoms with Gasteiger partial charge in [-0.05, 0) is 37.4 Å². The minimum Gasteiger partial charge on any atom is -0.366 e. The molecule has 2 saturated heterocycles. The third kappa shape index (κ3) is 2.17. The van der Waals surface area contributed by atoms with Crippen LogP contribution in [0.15, 0.2) is 12.1 Å². The molecule has 2 aliphatic rings. The molecular formula is C14H15F2N3. The number of halogens is 2. The summed E-state index contributed by atoms with van der Waals surface area (Å²) in [5.74, 6) is -0.815. The molecule has 0 bridgehead atoms. The fourth-order valence-corrected chi connectivity index (χ4v) is 3.18. The molecule has 2 aliphatic heterocycles. The summed E-state index contributed by atoms with van der Waals surface area (Å²) in [6.45, 7) is 2.31. The maximum atomic E-state index is 14.0. The topological polar surface area (TPSA) is 39.1 Å². The summed E-state index contributed by atoms with van der Waals surface area (Å²) in [5, 5.41) is 12.1. The van der Waals surface area contributed by atoms with Crippen molar-refractivity contribution < 1.29 is 8.78 Å². The molecule has 5 heteroatoms. The van der Waals surface area contributed by atoms with Crippen LogP contribution in [0.3, 0.4) is 0 Å². The molecule has 0 spiro atoms. The second-order valence-electron chi connectivity index (χ2n) is 5.24. The zero-order valence-corrected chi connectivity index (χ0v) is 10.5. The first-order valence-electron chi connectivity index (χ1n) is 6.56. The summed E-state index contributed by atoms with van der Waals surface area (Å²) in [6, 6.07) is 4.47. The Hall–Kier alpha value is -1.67. The number of nitriles is 1. The van der Waals surface area contributed by atoms with Crippen LogP contribution in [0, 0.1) is 28.9 Å². The number of piperidine rings is 1. The van der Waals surface area contributed by atoms with Crippen LogP contribution < -0.4 is 10.2 Å². The fourth-order valence-electron chi connectivity index (χ4n) is 3.18. The van der Waals surface area contributed by atoms with Crippen molar-refractivity contribution in [3.63, 3.8) is 0 Å². The van der Waals surface area contributed by atoms with E-state index in [0.717, 1.165) is 31.5 Å². The van der Waals surface area contributed by atoms with Crippen LogP contribution in [0.5, 0.6) is 0 Å². The first-order valence-corrected chi connectivity index (χ1v) is 6.56. The molecule has 0 amide bonds. The monoisotopic (exact) mass is 263 g/mol. The molecule has 0 saturated carbocycles. The highest BCUT2D eigenvalue weighted by atomic mass is 19.1. The van der Waals surface area contributed by atoms with Crippen LogP contribution in [0.2, 0.25) is 0 Å². The number of hydrogen-bond acceptors (Lipinski definition) is 3. The third-order valence-corrected chi connectivity index (χ3v) is 4.12. The second-order valence-corrected chi connectivity index (χ2v) is 5.24. The number of benzene rings is 1. The normalized spacial score (nSPS) is 26.1. The molecule has 3 nitrogen and oxygen atoms in total. The fraction of sp³-hybridized carbons (Fsp3) is 0.500. The van der Waals surface area contributed by atoms with E-state index in [4.69, 9.17) is 5.26 Å². The quantitative estimate of drug-likeness (QED) is 0.842. The van der Waals surface area contributed by atoms with Crippen LogP contribution in [0.25, 0.3) is 0 Å². The van der Waals surface area contributed by atoms with Gasteiger partial charge in [0.05, 0.1) is 11.6 Å². The van der Waals surface area contributed by atoms with Crippen molar-refractivity contribution in [3.8, 4) is 6.07 Å². The Bertz CT molecular complexity index is 515. The Morgan fingerprint density at radius 3 is 2.68 bits per heavy atom. The van der Waals surface area contributed by atoms with Gasteiger partial charge in [0.15, 0.2) is 11.6 Å². The number of hydrogen-bond donors (Lipinski definition) is 1. The maximum Gasteiger partial charge on any atom is 0.150 e. The Morgan fingerprint density at radius 2 is 2.00 bits per heavy atom. The van der Waals surface area contributed by atoms with Gasteiger partial charge in [0.25, 0.3) is 0 Å². The Labute approximate surface area is 110 Å². The standard InChI is InChI=1S/C14H15F2N3/c15-11-5-9(7-17)6-12(16)14(11)19-4-2-13-10(8-19)1-3-18-13/h5-6,10,13,18H,1-4,8H2. The van der Waals surface area contributed by atoms with Gasteiger partial charge in [-0.15, -0.1) is 0 Å². The predicted molar refractivity (Wildman–Crippen MR) is 67.8 cm³/mol. The SMILES string of the molecule is N#Cc1cc(F)c(N2CCC3NCCC3C2)c(F)c1. The zero-order valence-electron chi connectivity index (χ0n) is 10.5. The van der Waals surface area contributed by atoms with Crippen LogP contribution in [0.4, 0.5) is 14.5 Å². The molecule has 19 heavy (non-hydrogen) atoms. The summed E-state index contributed by atoms with van der Waals surface area (Å²) in [7, 11) is 0. The minimum absolute atomic E-state index is 0.0179. The average molecular weight is 263 g/mol. The molecule has 1 N–H and O–H groups in total. The number of anilines is 1. The first-order chi connectivity index (χ1) is 9.19. The van der Waals surface area contributed by atoms with Crippen molar-refractivity contribution in [2.75, 3.05) is 24.5 Å². The summed E-state index contributed by atoms with van der Waals surface area (Å²) in [5.41, 5.74) is 0.0421. The molecule has 2 fully saturated rings. The highest BCUT2D eigenvalue weighted by Crippen LogP contribution is 2.31. The lowest BCUT2D eigenvalue weighted by atomic mass is 9.93. The van der Waals surface area contributed by atoms with Gasteiger partial charge >= 0.3 is 0 Å². The van der Waals surface area contributed by atoms with E-state index < -0.39 is 11.6 Å². The van der Waals surface area contributed by atoms with Gasteiger partial charge in [-0.3, -0.25) is 0 Å². The minimum atomic E-state index is -0.638. The summed E-state index contributed by atoms with van der Waals surface area (Å²) < 4.78 is 28.0. The van der Waals surface area contributed by atoms with E-state index in [2.05, 4.69) is 5.32 Å². The van der Waals surface area contributed by atoms with Gasteiger partial charge in [-0.1, -0.05) is 0 Å². The van der Waals surface area contributed by atoms with Gasteiger partial charge < -0.3 is 10.2 Å². The predicted octanol–water partition coefficient (Wildman–Crippen LogP) is 2.02. The lowest BCUT2D eigenvalue weighted by Crippen LogP contribution is -2.45. The van der Waals surface area contributed by atoms with Crippen molar-refractivity contribution in [3.05, 3.63) is 29.3 Å². The molecular weight excluding hydrogens is 248 g/mol. The number of rotatable bonds is 1. The number of nitrogens with zero attached hydrogens (tertiary/aromatic N) is 2. The second kappa shape index (κ2) is 4.78. The third-order valence-electron chi connectivity index (χ3n) is 4.12. The largest absolute Gasteiger partial charge is 0.366 e. The van der Waals surface area contributed by atoms with Gasteiger partial charge in [-0.25, -0.2) is 8.78 Å². The average Bonchev–Trinajstić information content (AvgIpc) is 2.85. The highest BCUT2D eigenvalue weighted by molar-refractivity contribution is 5.53. The number of fused-ring (bicyclic) bond motifs is 1. The first kappa shape index (κ1) is 12.4. The highest BCUT2D eigenvalue weighted by Gasteiger charge is 2.34. The Morgan fingerprint density at radius 1 is 1.26 bits per heavy atom. The van der Waals surface area contributed by atoms with E-state index in [1.165, 1.54) is 0 Å². The molecule has 2 heterocycles. The lowest BCUT2D eigenvalue weighted by Gasteiger charge is -2.36. The Balaban J connectivity index is 1.88. The molecule has 0 aliphatic carbocycles. The van der Waals surface area contributed by atoms with E-state index in [1.807, 2.05) is 0 Å². The molecule has 2 atom stereocenters. The summed E-state index contributed by atoms with van der Waals surface area (Å²) in [4.78, 5) is 1.78.